The average molecular weight is 255 g/mol. The van der Waals surface area contributed by atoms with E-state index in [0.29, 0.717) is 17.6 Å². The number of carboxylic acid groups (broad SMARTS) is 1. The minimum atomic E-state index is -4.76. The Hall–Kier alpha value is -1.25. The number of rotatable bonds is 4. The number of hydrogen-bond acceptors (Lipinski definition) is 4. The SMILES string of the molecule is Cc1nc(SCC(C(=O)O)C(F)(F)F)n[nH]1. The van der Waals surface area contributed by atoms with Crippen molar-refractivity contribution < 1.29 is 23.1 Å². The van der Waals surface area contributed by atoms with Crippen molar-refractivity contribution in [3.05, 3.63) is 5.82 Å². The van der Waals surface area contributed by atoms with Gasteiger partial charge in [-0.2, -0.15) is 13.2 Å². The Labute approximate surface area is 92.4 Å². The Morgan fingerprint density at radius 1 is 1.62 bits per heavy atom. The lowest BCUT2D eigenvalue weighted by molar-refractivity contribution is -0.188. The van der Waals surface area contributed by atoms with E-state index in [2.05, 4.69) is 15.2 Å². The second kappa shape index (κ2) is 4.73. The van der Waals surface area contributed by atoms with E-state index >= 15 is 0 Å². The molecule has 0 bridgehead atoms. The Morgan fingerprint density at radius 2 is 2.25 bits per heavy atom. The molecule has 0 fully saturated rings. The third-order valence-corrected chi connectivity index (χ3v) is 2.59. The fraction of sp³-hybridized carbons (Fsp3) is 0.571. The molecule has 0 aliphatic rings. The fourth-order valence-electron chi connectivity index (χ4n) is 0.850. The number of nitrogens with zero attached hydrogens (tertiary/aromatic N) is 2. The van der Waals surface area contributed by atoms with Crippen LogP contribution in [-0.2, 0) is 4.79 Å². The van der Waals surface area contributed by atoms with Crippen LogP contribution in [0.1, 0.15) is 5.82 Å². The van der Waals surface area contributed by atoms with E-state index in [-0.39, 0.29) is 5.16 Å². The first-order chi connectivity index (χ1) is 7.30. The normalized spacial score (nSPS) is 13.8. The predicted molar refractivity (Wildman–Crippen MR) is 49.0 cm³/mol. The third kappa shape index (κ3) is 3.40. The topological polar surface area (TPSA) is 78.9 Å². The maximum atomic E-state index is 12.2. The number of thioether (sulfide) groups is 1. The largest absolute Gasteiger partial charge is 0.481 e. The molecule has 0 saturated carbocycles. The van der Waals surface area contributed by atoms with E-state index in [1.807, 2.05) is 0 Å². The molecule has 1 heterocycles. The highest BCUT2D eigenvalue weighted by molar-refractivity contribution is 7.99. The van der Waals surface area contributed by atoms with E-state index in [9.17, 15) is 18.0 Å². The first kappa shape index (κ1) is 12.8. The number of aromatic nitrogens is 3. The van der Waals surface area contributed by atoms with E-state index in [4.69, 9.17) is 5.11 Å². The molecule has 1 unspecified atom stereocenters. The van der Waals surface area contributed by atoms with Gasteiger partial charge in [-0.25, -0.2) is 4.98 Å². The van der Waals surface area contributed by atoms with Crippen LogP contribution in [-0.4, -0.2) is 38.2 Å². The van der Waals surface area contributed by atoms with Crippen molar-refractivity contribution in [3.63, 3.8) is 0 Å². The van der Waals surface area contributed by atoms with Crippen molar-refractivity contribution in [2.75, 3.05) is 5.75 Å². The summed E-state index contributed by atoms with van der Waals surface area (Å²) in [5, 5.41) is 14.6. The van der Waals surface area contributed by atoms with E-state index < -0.39 is 23.8 Å². The van der Waals surface area contributed by atoms with Crippen LogP contribution in [0.25, 0.3) is 0 Å². The first-order valence-electron chi connectivity index (χ1n) is 4.12. The highest BCUT2D eigenvalue weighted by atomic mass is 32.2. The second-order valence-corrected chi connectivity index (χ2v) is 3.93. The number of nitrogens with one attached hydrogen (secondary N) is 1. The number of carbonyl (C=O) groups is 1. The van der Waals surface area contributed by atoms with Gasteiger partial charge in [-0.3, -0.25) is 9.89 Å². The highest BCUT2D eigenvalue weighted by Crippen LogP contribution is 2.30. The van der Waals surface area contributed by atoms with Crippen molar-refractivity contribution in [2.24, 2.45) is 5.92 Å². The number of halogens is 3. The van der Waals surface area contributed by atoms with Gasteiger partial charge in [0.15, 0.2) is 5.92 Å². The zero-order valence-corrected chi connectivity index (χ0v) is 8.89. The van der Waals surface area contributed by atoms with Crippen LogP contribution in [0, 0.1) is 12.8 Å². The first-order valence-corrected chi connectivity index (χ1v) is 5.10. The van der Waals surface area contributed by atoms with Gasteiger partial charge in [-0.05, 0) is 6.92 Å². The summed E-state index contributed by atoms with van der Waals surface area (Å²) in [6.45, 7) is 1.59. The van der Waals surface area contributed by atoms with Gasteiger partial charge in [0.2, 0.25) is 5.16 Å². The van der Waals surface area contributed by atoms with Gasteiger partial charge in [0, 0.05) is 5.75 Å². The third-order valence-electron chi connectivity index (χ3n) is 1.65. The molecular formula is C7H8F3N3O2S. The molecule has 1 rings (SSSR count). The van der Waals surface area contributed by atoms with Crippen molar-refractivity contribution in [2.45, 2.75) is 18.3 Å². The molecule has 0 aromatic carbocycles. The van der Waals surface area contributed by atoms with Crippen LogP contribution in [0.3, 0.4) is 0 Å². The maximum absolute atomic E-state index is 12.2. The van der Waals surface area contributed by atoms with E-state index in [1.54, 1.807) is 6.92 Å². The van der Waals surface area contributed by atoms with Gasteiger partial charge < -0.3 is 5.11 Å². The fourth-order valence-corrected chi connectivity index (χ4v) is 1.81. The number of aromatic amines is 1. The van der Waals surface area contributed by atoms with E-state index in [1.165, 1.54) is 0 Å². The molecule has 0 spiro atoms. The average Bonchev–Trinajstić information content (AvgIpc) is 2.48. The molecule has 0 aliphatic carbocycles. The van der Waals surface area contributed by atoms with Crippen molar-refractivity contribution in [1.82, 2.24) is 15.2 Å². The summed E-state index contributed by atoms with van der Waals surface area (Å²) < 4.78 is 36.7. The van der Waals surface area contributed by atoms with Crippen molar-refractivity contribution in [1.29, 1.82) is 0 Å². The highest BCUT2D eigenvalue weighted by Gasteiger charge is 2.45. The lowest BCUT2D eigenvalue weighted by atomic mass is 10.2. The molecule has 9 heteroatoms. The van der Waals surface area contributed by atoms with Crippen LogP contribution < -0.4 is 0 Å². The molecule has 1 aromatic rings. The number of carboxylic acids is 1. The Kier molecular flexibility index (Phi) is 3.79. The van der Waals surface area contributed by atoms with Crippen molar-refractivity contribution in [3.8, 4) is 0 Å². The van der Waals surface area contributed by atoms with Crippen molar-refractivity contribution >= 4 is 17.7 Å². The monoisotopic (exact) mass is 255 g/mol. The van der Waals surface area contributed by atoms with Crippen LogP contribution in [0.15, 0.2) is 5.16 Å². The zero-order chi connectivity index (χ0) is 12.3. The smallest absolute Gasteiger partial charge is 0.403 e. The molecule has 16 heavy (non-hydrogen) atoms. The predicted octanol–water partition coefficient (Wildman–Crippen LogP) is 1.47. The van der Waals surface area contributed by atoms with Crippen LogP contribution in [0.2, 0.25) is 0 Å². The quantitative estimate of drug-likeness (QED) is 0.796. The van der Waals surface area contributed by atoms with Gasteiger partial charge in [0.1, 0.15) is 5.82 Å². The lowest BCUT2D eigenvalue weighted by Crippen LogP contribution is -2.32. The molecule has 1 atom stereocenters. The molecule has 90 valence electrons. The number of H-pyrrole nitrogens is 1. The number of aryl methyl sites for hydroxylation is 1. The van der Waals surface area contributed by atoms with Gasteiger partial charge >= 0.3 is 12.1 Å². The summed E-state index contributed by atoms with van der Waals surface area (Å²) in [6, 6.07) is 0. The van der Waals surface area contributed by atoms with Gasteiger partial charge in [-0.1, -0.05) is 11.8 Å². The summed E-state index contributed by atoms with van der Waals surface area (Å²) in [6.07, 6.45) is -4.76. The molecule has 0 aliphatic heterocycles. The minimum absolute atomic E-state index is 0.105. The Balaban J connectivity index is 2.61. The van der Waals surface area contributed by atoms with Crippen LogP contribution >= 0.6 is 11.8 Å². The van der Waals surface area contributed by atoms with Crippen LogP contribution in [0.5, 0.6) is 0 Å². The van der Waals surface area contributed by atoms with E-state index in [0.717, 1.165) is 0 Å². The molecule has 0 amide bonds. The van der Waals surface area contributed by atoms with Gasteiger partial charge in [-0.15, -0.1) is 5.10 Å². The summed E-state index contributed by atoms with van der Waals surface area (Å²) in [5.74, 6) is -4.49. The summed E-state index contributed by atoms with van der Waals surface area (Å²) in [5.41, 5.74) is 0. The molecule has 0 radical (unpaired) electrons. The standard InChI is InChI=1S/C7H8F3N3O2S/c1-3-11-6(13-12-3)16-2-4(5(14)15)7(8,9)10/h4H,2H2,1H3,(H,14,15)(H,11,12,13). The number of aliphatic carboxylic acids is 1. The lowest BCUT2D eigenvalue weighted by Gasteiger charge is -2.14. The molecule has 0 saturated heterocycles. The number of alkyl halides is 3. The molecule has 1 aromatic heterocycles. The Morgan fingerprint density at radius 3 is 2.62 bits per heavy atom. The Bertz CT molecular complexity index is 379. The second-order valence-electron chi connectivity index (χ2n) is 2.95. The van der Waals surface area contributed by atoms with Gasteiger partial charge in [0.05, 0.1) is 0 Å². The summed E-state index contributed by atoms with van der Waals surface area (Å²) in [7, 11) is 0. The van der Waals surface area contributed by atoms with Gasteiger partial charge in [0.25, 0.3) is 0 Å². The minimum Gasteiger partial charge on any atom is -0.481 e. The number of hydrogen-bond donors (Lipinski definition) is 2. The molecular weight excluding hydrogens is 247 g/mol. The zero-order valence-electron chi connectivity index (χ0n) is 8.08. The maximum Gasteiger partial charge on any atom is 0.403 e. The molecule has 2 N–H and O–H groups in total. The van der Waals surface area contributed by atoms with Crippen LogP contribution in [0.4, 0.5) is 13.2 Å². The summed E-state index contributed by atoms with van der Waals surface area (Å²) in [4.78, 5) is 14.2. The summed E-state index contributed by atoms with van der Waals surface area (Å²) >= 11 is 0.650. The molecule has 5 nitrogen and oxygen atoms in total.